The molecule has 0 fully saturated rings. The summed E-state index contributed by atoms with van der Waals surface area (Å²) in [5.74, 6) is -0.924. The number of halogens is 2. The second kappa shape index (κ2) is 6.34. The van der Waals surface area contributed by atoms with Crippen molar-refractivity contribution < 1.29 is 23.4 Å². The summed E-state index contributed by atoms with van der Waals surface area (Å²) in [6.45, 7) is -0.352. The lowest BCUT2D eigenvalue weighted by Gasteiger charge is -2.12. The SMILES string of the molecule is COc1ccc(CO)c(OCc2cccc(F)c2F)c1. The number of hydrogen-bond donors (Lipinski definition) is 1. The molecule has 0 aliphatic rings. The van der Waals surface area contributed by atoms with Gasteiger partial charge in [-0.05, 0) is 18.2 Å². The van der Waals surface area contributed by atoms with Crippen molar-refractivity contribution in [2.45, 2.75) is 13.2 Å². The van der Waals surface area contributed by atoms with Crippen LogP contribution in [0.1, 0.15) is 11.1 Å². The van der Waals surface area contributed by atoms with Gasteiger partial charge in [-0.1, -0.05) is 12.1 Å². The molecule has 2 rings (SSSR count). The number of ether oxygens (including phenoxy) is 2. The normalized spacial score (nSPS) is 10.4. The van der Waals surface area contributed by atoms with Gasteiger partial charge in [0, 0.05) is 17.2 Å². The van der Waals surface area contributed by atoms with Crippen molar-refractivity contribution in [3.63, 3.8) is 0 Å². The van der Waals surface area contributed by atoms with Gasteiger partial charge in [0.1, 0.15) is 18.1 Å². The molecular weight excluding hydrogens is 266 g/mol. The first-order valence-corrected chi connectivity index (χ1v) is 5.99. The van der Waals surface area contributed by atoms with Crippen LogP contribution in [0.5, 0.6) is 11.5 Å². The minimum Gasteiger partial charge on any atom is -0.497 e. The van der Waals surface area contributed by atoms with E-state index in [2.05, 4.69) is 0 Å². The highest BCUT2D eigenvalue weighted by Crippen LogP contribution is 2.26. The summed E-state index contributed by atoms with van der Waals surface area (Å²) >= 11 is 0. The number of aliphatic hydroxyl groups excluding tert-OH is 1. The molecule has 0 atom stereocenters. The van der Waals surface area contributed by atoms with E-state index in [9.17, 15) is 13.9 Å². The predicted octanol–water partition coefficient (Wildman–Crippen LogP) is 3.04. The standard InChI is InChI=1S/C15H14F2O3/c1-19-12-6-5-10(8-18)14(7-12)20-9-11-3-2-4-13(16)15(11)17/h2-7,18H,8-9H2,1H3. The Morgan fingerprint density at radius 2 is 1.90 bits per heavy atom. The molecule has 5 heteroatoms. The van der Waals surface area contributed by atoms with Gasteiger partial charge in [0.05, 0.1) is 13.7 Å². The molecule has 0 saturated carbocycles. The molecule has 0 aromatic heterocycles. The Kier molecular flexibility index (Phi) is 4.53. The van der Waals surface area contributed by atoms with E-state index in [-0.39, 0.29) is 18.8 Å². The summed E-state index contributed by atoms with van der Waals surface area (Å²) in [7, 11) is 1.50. The van der Waals surface area contributed by atoms with Crippen LogP contribution in [0.4, 0.5) is 8.78 Å². The largest absolute Gasteiger partial charge is 0.497 e. The zero-order valence-electron chi connectivity index (χ0n) is 10.9. The second-order valence-corrected chi connectivity index (χ2v) is 4.13. The van der Waals surface area contributed by atoms with E-state index in [0.29, 0.717) is 17.1 Å². The number of methoxy groups -OCH3 is 1. The summed E-state index contributed by atoms with van der Waals surface area (Å²) in [6, 6.07) is 8.82. The lowest BCUT2D eigenvalue weighted by Crippen LogP contribution is -2.02. The highest BCUT2D eigenvalue weighted by Gasteiger charge is 2.10. The fourth-order valence-corrected chi connectivity index (χ4v) is 1.74. The maximum atomic E-state index is 13.5. The van der Waals surface area contributed by atoms with Gasteiger partial charge in [-0.25, -0.2) is 8.78 Å². The number of hydrogen-bond acceptors (Lipinski definition) is 3. The van der Waals surface area contributed by atoms with Crippen LogP contribution in [0.15, 0.2) is 36.4 Å². The molecule has 0 saturated heterocycles. The number of rotatable bonds is 5. The van der Waals surface area contributed by atoms with E-state index in [1.54, 1.807) is 18.2 Å². The number of benzene rings is 2. The highest BCUT2D eigenvalue weighted by molar-refractivity contribution is 5.40. The molecule has 0 unspecified atom stereocenters. The first-order valence-electron chi connectivity index (χ1n) is 5.99. The van der Waals surface area contributed by atoms with Crippen LogP contribution < -0.4 is 9.47 Å². The molecule has 0 radical (unpaired) electrons. The third-order valence-corrected chi connectivity index (χ3v) is 2.86. The molecule has 0 spiro atoms. The van der Waals surface area contributed by atoms with Gasteiger partial charge in [0.15, 0.2) is 11.6 Å². The van der Waals surface area contributed by atoms with E-state index in [1.165, 1.54) is 19.2 Å². The van der Waals surface area contributed by atoms with Crippen molar-refractivity contribution in [1.82, 2.24) is 0 Å². The topological polar surface area (TPSA) is 38.7 Å². The zero-order chi connectivity index (χ0) is 14.5. The molecule has 0 amide bonds. The first kappa shape index (κ1) is 14.3. The highest BCUT2D eigenvalue weighted by atomic mass is 19.2. The van der Waals surface area contributed by atoms with Gasteiger partial charge in [0.25, 0.3) is 0 Å². The van der Waals surface area contributed by atoms with E-state index in [4.69, 9.17) is 9.47 Å². The van der Waals surface area contributed by atoms with Crippen LogP contribution >= 0.6 is 0 Å². The van der Waals surface area contributed by atoms with Crippen molar-refractivity contribution in [1.29, 1.82) is 0 Å². The fraction of sp³-hybridized carbons (Fsp3) is 0.200. The summed E-state index contributed by atoms with van der Waals surface area (Å²) in [4.78, 5) is 0. The van der Waals surface area contributed by atoms with Crippen LogP contribution in [-0.4, -0.2) is 12.2 Å². The Balaban J connectivity index is 2.19. The average Bonchev–Trinajstić information content (AvgIpc) is 2.48. The van der Waals surface area contributed by atoms with Crippen LogP contribution in [0.25, 0.3) is 0 Å². The molecule has 0 bridgehead atoms. The van der Waals surface area contributed by atoms with Crippen LogP contribution in [0.3, 0.4) is 0 Å². The van der Waals surface area contributed by atoms with Gasteiger partial charge < -0.3 is 14.6 Å². The van der Waals surface area contributed by atoms with E-state index in [1.807, 2.05) is 0 Å². The third-order valence-electron chi connectivity index (χ3n) is 2.86. The number of aliphatic hydroxyl groups is 1. The van der Waals surface area contributed by atoms with E-state index >= 15 is 0 Å². The van der Waals surface area contributed by atoms with Crippen molar-refractivity contribution in [2.75, 3.05) is 7.11 Å². The third kappa shape index (κ3) is 3.05. The summed E-state index contributed by atoms with van der Waals surface area (Å²) in [6.07, 6.45) is 0. The lowest BCUT2D eigenvalue weighted by atomic mass is 10.2. The summed E-state index contributed by atoms with van der Waals surface area (Å²) in [5.41, 5.74) is 0.652. The van der Waals surface area contributed by atoms with Crippen molar-refractivity contribution in [2.24, 2.45) is 0 Å². The minimum absolute atomic E-state index is 0.108. The summed E-state index contributed by atoms with van der Waals surface area (Å²) < 4.78 is 37.1. The molecule has 0 aliphatic heterocycles. The van der Waals surface area contributed by atoms with Crippen molar-refractivity contribution >= 4 is 0 Å². The Morgan fingerprint density at radius 1 is 1.10 bits per heavy atom. The Hall–Kier alpha value is -2.14. The maximum absolute atomic E-state index is 13.5. The molecule has 0 aliphatic carbocycles. The smallest absolute Gasteiger partial charge is 0.165 e. The first-order chi connectivity index (χ1) is 9.65. The zero-order valence-corrected chi connectivity index (χ0v) is 10.9. The van der Waals surface area contributed by atoms with E-state index < -0.39 is 11.6 Å². The van der Waals surface area contributed by atoms with Crippen molar-refractivity contribution in [3.05, 3.63) is 59.2 Å². The quantitative estimate of drug-likeness (QED) is 0.915. The van der Waals surface area contributed by atoms with Crippen LogP contribution in [0.2, 0.25) is 0 Å². The van der Waals surface area contributed by atoms with E-state index in [0.717, 1.165) is 6.07 Å². The van der Waals surface area contributed by atoms with Crippen molar-refractivity contribution in [3.8, 4) is 11.5 Å². The van der Waals surface area contributed by atoms with Crippen LogP contribution in [-0.2, 0) is 13.2 Å². The average molecular weight is 280 g/mol. The Bertz CT molecular complexity index is 600. The molecule has 2 aromatic carbocycles. The molecule has 1 N–H and O–H groups in total. The minimum atomic E-state index is -0.930. The van der Waals surface area contributed by atoms with Gasteiger partial charge in [-0.2, -0.15) is 0 Å². The second-order valence-electron chi connectivity index (χ2n) is 4.13. The Morgan fingerprint density at radius 3 is 2.60 bits per heavy atom. The predicted molar refractivity (Wildman–Crippen MR) is 69.6 cm³/mol. The van der Waals surface area contributed by atoms with Crippen LogP contribution in [0, 0.1) is 11.6 Å². The molecular formula is C15H14F2O3. The molecule has 0 heterocycles. The van der Waals surface area contributed by atoms with Gasteiger partial charge >= 0.3 is 0 Å². The lowest BCUT2D eigenvalue weighted by molar-refractivity contribution is 0.255. The molecule has 3 nitrogen and oxygen atoms in total. The maximum Gasteiger partial charge on any atom is 0.165 e. The van der Waals surface area contributed by atoms with Gasteiger partial charge in [-0.15, -0.1) is 0 Å². The molecule has 20 heavy (non-hydrogen) atoms. The molecule has 106 valence electrons. The molecule has 2 aromatic rings. The van der Waals surface area contributed by atoms with Gasteiger partial charge in [0.2, 0.25) is 0 Å². The monoisotopic (exact) mass is 280 g/mol. The van der Waals surface area contributed by atoms with Gasteiger partial charge in [-0.3, -0.25) is 0 Å². The fourth-order valence-electron chi connectivity index (χ4n) is 1.74. The summed E-state index contributed by atoms with van der Waals surface area (Å²) in [5, 5.41) is 9.22. The Labute approximate surface area is 115 Å².